The second-order valence-electron chi connectivity index (χ2n) is 6.96. The Balaban J connectivity index is 1.85. The number of para-hydroxylation sites is 1. The third kappa shape index (κ3) is 5.24. The zero-order valence-electron chi connectivity index (χ0n) is 17.4. The van der Waals surface area contributed by atoms with Gasteiger partial charge in [0, 0.05) is 11.6 Å². The number of thioether (sulfide) groups is 1. The SMILES string of the molecule is CCOc1cc(/C=C2\SC(=O)N(Cc3ccccc3[N+](=O)[O-])C2=O)ccc1OC(C)C. The fourth-order valence-corrected chi connectivity index (χ4v) is 3.85. The fourth-order valence-electron chi connectivity index (χ4n) is 3.01. The van der Waals surface area contributed by atoms with Crippen LogP contribution in [0.1, 0.15) is 31.9 Å². The minimum Gasteiger partial charge on any atom is -0.490 e. The highest BCUT2D eigenvalue weighted by molar-refractivity contribution is 8.18. The molecule has 2 amide bonds. The molecule has 0 saturated carbocycles. The molecule has 1 aliphatic heterocycles. The van der Waals surface area contributed by atoms with Gasteiger partial charge in [-0.2, -0.15) is 0 Å². The number of carbonyl (C=O) groups excluding carboxylic acids is 2. The molecular weight excluding hydrogens is 420 g/mol. The fraction of sp³-hybridized carbons (Fsp3) is 0.273. The first kappa shape index (κ1) is 22.4. The molecule has 2 aromatic carbocycles. The molecule has 0 bridgehead atoms. The predicted molar refractivity (Wildman–Crippen MR) is 118 cm³/mol. The molecule has 31 heavy (non-hydrogen) atoms. The third-order valence-electron chi connectivity index (χ3n) is 4.32. The van der Waals surface area contributed by atoms with Gasteiger partial charge in [0.15, 0.2) is 11.5 Å². The molecule has 2 aromatic rings. The number of amides is 2. The molecule has 0 N–H and O–H groups in total. The van der Waals surface area contributed by atoms with Gasteiger partial charge in [0.05, 0.1) is 29.1 Å². The van der Waals surface area contributed by atoms with Gasteiger partial charge in [0.2, 0.25) is 0 Å². The van der Waals surface area contributed by atoms with Crippen LogP contribution in [0.5, 0.6) is 11.5 Å². The summed E-state index contributed by atoms with van der Waals surface area (Å²) in [6.07, 6.45) is 1.58. The zero-order chi connectivity index (χ0) is 22.5. The third-order valence-corrected chi connectivity index (χ3v) is 5.23. The summed E-state index contributed by atoms with van der Waals surface area (Å²) in [6.45, 7) is 5.97. The van der Waals surface area contributed by atoms with Gasteiger partial charge < -0.3 is 9.47 Å². The highest BCUT2D eigenvalue weighted by Crippen LogP contribution is 2.36. The number of benzene rings is 2. The molecule has 8 nitrogen and oxygen atoms in total. The molecule has 0 aliphatic carbocycles. The summed E-state index contributed by atoms with van der Waals surface area (Å²) < 4.78 is 11.4. The second kappa shape index (κ2) is 9.65. The Kier molecular flexibility index (Phi) is 6.96. The van der Waals surface area contributed by atoms with Gasteiger partial charge in [-0.1, -0.05) is 24.3 Å². The molecule has 9 heteroatoms. The van der Waals surface area contributed by atoms with E-state index in [4.69, 9.17) is 9.47 Å². The number of nitrogens with zero attached hydrogens (tertiary/aromatic N) is 2. The van der Waals surface area contributed by atoms with Gasteiger partial charge >= 0.3 is 0 Å². The maximum Gasteiger partial charge on any atom is 0.293 e. The van der Waals surface area contributed by atoms with Crippen LogP contribution in [0.2, 0.25) is 0 Å². The van der Waals surface area contributed by atoms with E-state index in [0.29, 0.717) is 29.2 Å². The summed E-state index contributed by atoms with van der Waals surface area (Å²) >= 11 is 0.801. The summed E-state index contributed by atoms with van der Waals surface area (Å²) in [4.78, 5) is 37.2. The predicted octanol–water partition coefficient (Wildman–Crippen LogP) is 5.02. The molecule has 3 rings (SSSR count). The highest BCUT2D eigenvalue weighted by atomic mass is 32.2. The minimum atomic E-state index is -0.527. The Morgan fingerprint density at radius 2 is 1.90 bits per heavy atom. The van der Waals surface area contributed by atoms with Crippen LogP contribution < -0.4 is 9.47 Å². The maximum atomic E-state index is 12.8. The van der Waals surface area contributed by atoms with Crippen molar-refractivity contribution in [2.24, 2.45) is 0 Å². The number of nitro benzene ring substituents is 1. The first-order valence-electron chi connectivity index (χ1n) is 9.71. The molecule has 0 unspecified atom stereocenters. The van der Waals surface area contributed by atoms with Gasteiger partial charge in [-0.3, -0.25) is 24.6 Å². The molecule has 0 spiro atoms. The molecule has 1 fully saturated rings. The quantitative estimate of drug-likeness (QED) is 0.322. The Bertz CT molecular complexity index is 1050. The topological polar surface area (TPSA) is 99.0 Å². The van der Waals surface area contributed by atoms with E-state index in [-0.39, 0.29) is 23.2 Å². The van der Waals surface area contributed by atoms with Crippen molar-refractivity contribution in [1.82, 2.24) is 4.90 Å². The van der Waals surface area contributed by atoms with Crippen molar-refractivity contribution < 1.29 is 24.0 Å². The summed E-state index contributed by atoms with van der Waals surface area (Å²) in [5.74, 6) is 0.649. The number of hydrogen-bond acceptors (Lipinski definition) is 7. The van der Waals surface area contributed by atoms with Gasteiger partial charge in [0.25, 0.3) is 16.8 Å². The van der Waals surface area contributed by atoms with Crippen LogP contribution in [0, 0.1) is 10.1 Å². The Morgan fingerprint density at radius 1 is 1.16 bits per heavy atom. The molecule has 0 atom stereocenters. The molecule has 1 saturated heterocycles. The molecule has 162 valence electrons. The van der Waals surface area contributed by atoms with E-state index in [9.17, 15) is 19.7 Å². The number of rotatable bonds is 8. The zero-order valence-corrected chi connectivity index (χ0v) is 18.2. The van der Waals surface area contributed by atoms with E-state index in [2.05, 4.69) is 0 Å². The Hall–Kier alpha value is -3.33. The van der Waals surface area contributed by atoms with E-state index in [0.717, 1.165) is 16.7 Å². The number of ether oxygens (including phenoxy) is 2. The average molecular weight is 442 g/mol. The number of nitro groups is 1. The number of hydrogen-bond donors (Lipinski definition) is 0. The lowest BCUT2D eigenvalue weighted by molar-refractivity contribution is -0.385. The molecule has 0 aromatic heterocycles. The first-order chi connectivity index (χ1) is 14.8. The Morgan fingerprint density at radius 3 is 2.58 bits per heavy atom. The lowest BCUT2D eigenvalue weighted by atomic mass is 10.1. The van der Waals surface area contributed by atoms with E-state index < -0.39 is 16.1 Å². The monoisotopic (exact) mass is 442 g/mol. The van der Waals surface area contributed by atoms with Crippen LogP contribution in [-0.4, -0.2) is 33.7 Å². The summed E-state index contributed by atoms with van der Waals surface area (Å²) in [7, 11) is 0. The van der Waals surface area contributed by atoms with Gasteiger partial charge in [-0.05, 0) is 56.3 Å². The van der Waals surface area contributed by atoms with Crippen molar-refractivity contribution in [3.05, 3.63) is 68.6 Å². The van der Waals surface area contributed by atoms with Crippen molar-refractivity contribution in [2.75, 3.05) is 6.61 Å². The van der Waals surface area contributed by atoms with Crippen molar-refractivity contribution in [2.45, 2.75) is 33.4 Å². The molecule has 1 aliphatic rings. The van der Waals surface area contributed by atoms with Crippen LogP contribution in [0.25, 0.3) is 6.08 Å². The minimum absolute atomic E-state index is 0.0244. The summed E-state index contributed by atoms with van der Waals surface area (Å²) in [5.41, 5.74) is 0.841. The number of carbonyl (C=O) groups is 2. The largest absolute Gasteiger partial charge is 0.490 e. The maximum absolute atomic E-state index is 12.8. The van der Waals surface area contributed by atoms with Gasteiger partial charge in [0.1, 0.15) is 0 Å². The standard InChI is InChI=1S/C22H22N2O6S/c1-4-29-19-11-15(9-10-18(19)30-14(2)3)12-20-21(25)23(22(26)31-20)13-16-7-5-6-8-17(16)24(27)28/h5-12,14H,4,13H2,1-3H3/b20-12-. The summed E-state index contributed by atoms with van der Waals surface area (Å²) in [6, 6.07) is 11.3. The van der Waals surface area contributed by atoms with Gasteiger partial charge in [-0.15, -0.1) is 0 Å². The molecule has 1 heterocycles. The van der Waals surface area contributed by atoms with Crippen LogP contribution in [0.3, 0.4) is 0 Å². The smallest absolute Gasteiger partial charge is 0.293 e. The van der Waals surface area contributed by atoms with Crippen molar-refractivity contribution in [1.29, 1.82) is 0 Å². The Labute approximate surface area is 184 Å². The van der Waals surface area contributed by atoms with Crippen molar-refractivity contribution in [3.63, 3.8) is 0 Å². The normalized spacial score (nSPS) is 15.1. The van der Waals surface area contributed by atoms with Crippen molar-refractivity contribution in [3.8, 4) is 11.5 Å². The van der Waals surface area contributed by atoms with E-state index in [1.165, 1.54) is 18.2 Å². The van der Waals surface area contributed by atoms with Crippen LogP contribution in [0.15, 0.2) is 47.4 Å². The average Bonchev–Trinajstić information content (AvgIpc) is 2.97. The summed E-state index contributed by atoms with van der Waals surface area (Å²) in [5, 5.41) is 10.7. The molecular formula is C22H22N2O6S. The highest BCUT2D eigenvalue weighted by Gasteiger charge is 2.36. The van der Waals surface area contributed by atoms with Gasteiger partial charge in [-0.25, -0.2) is 0 Å². The van der Waals surface area contributed by atoms with Crippen LogP contribution in [0.4, 0.5) is 10.5 Å². The second-order valence-corrected chi connectivity index (χ2v) is 7.95. The van der Waals surface area contributed by atoms with Crippen molar-refractivity contribution >= 4 is 34.7 Å². The van der Waals surface area contributed by atoms with E-state index in [1.54, 1.807) is 30.3 Å². The van der Waals surface area contributed by atoms with Crippen LogP contribution in [-0.2, 0) is 11.3 Å². The lowest BCUT2D eigenvalue weighted by Crippen LogP contribution is -2.27. The molecule has 0 radical (unpaired) electrons. The lowest BCUT2D eigenvalue weighted by Gasteiger charge is -2.15. The van der Waals surface area contributed by atoms with Crippen LogP contribution >= 0.6 is 11.8 Å². The number of imide groups is 1. The first-order valence-corrected chi connectivity index (χ1v) is 10.5. The van der Waals surface area contributed by atoms with E-state index in [1.807, 2.05) is 20.8 Å². The van der Waals surface area contributed by atoms with E-state index >= 15 is 0 Å².